The topological polar surface area (TPSA) is 144 Å². The van der Waals surface area contributed by atoms with Gasteiger partial charge in [-0.15, -0.1) is 0 Å². The first-order valence-corrected chi connectivity index (χ1v) is 20.2. The number of anilines is 1. The molecule has 6 rings (SSSR count). The zero-order chi connectivity index (χ0) is 37.0. The Morgan fingerprint density at radius 1 is 0.792 bits per heavy atom. The number of oxazole rings is 1. The SMILES string of the molecule is CCC(=Cc1oc2ccc(-c3ccccc3)cc2[n+]1CCCC(C)S(=O)(=O)[O-])C=C1Oc2ccc(-c3ccccc3)cc2N1CCC(C)S(=O)(=O)[O-].[Na+]. The van der Waals surface area contributed by atoms with Gasteiger partial charge in [0, 0.05) is 35.6 Å². The summed E-state index contributed by atoms with van der Waals surface area (Å²) in [6.45, 7) is 5.47. The van der Waals surface area contributed by atoms with E-state index in [0.717, 1.165) is 39.0 Å². The molecule has 0 saturated carbocycles. The molecule has 1 aliphatic heterocycles. The van der Waals surface area contributed by atoms with Gasteiger partial charge in [-0.1, -0.05) is 79.7 Å². The Kier molecular flexibility index (Phi) is 13.1. The monoisotopic (exact) mass is 764 g/mol. The summed E-state index contributed by atoms with van der Waals surface area (Å²) in [5.41, 5.74) is 7.06. The maximum absolute atomic E-state index is 11.8. The fourth-order valence-electron chi connectivity index (χ4n) is 6.20. The fourth-order valence-corrected chi connectivity index (χ4v) is 7.05. The van der Waals surface area contributed by atoms with Crippen LogP contribution in [0.3, 0.4) is 0 Å². The number of ether oxygens (including phenoxy) is 1. The molecule has 13 heteroatoms. The van der Waals surface area contributed by atoms with Crippen molar-refractivity contribution in [3.63, 3.8) is 0 Å². The van der Waals surface area contributed by atoms with Gasteiger partial charge in [0.05, 0.1) is 32.0 Å². The minimum Gasteiger partial charge on any atom is -0.748 e. The van der Waals surface area contributed by atoms with Crippen molar-refractivity contribution in [2.45, 2.75) is 63.5 Å². The number of aryl methyl sites for hydroxylation is 1. The van der Waals surface area contributed by atoms with Crippen LogP contribution in [0.15, 0.2) is 119 Å². The van der Waals surface area contributed by atoms with Crippen LogP contribution in [0.25, 0.3) is 39.4 Å². The number of rotatable bonds is 14. The molecule has 1 aliphatic rings. The smallest absolute Gasteiger partial charge is 0.748 e. The summed E-state index contributed by atoms with van der Waals surface area (Å²) < 4.78 is 85.1. The predicted octanol–water partition coefficient (Wildman–Crippen LogP) is 4.63. The van der Waals surface area contributed by atoms with Crippen LogP contribution in [0.4, 0.5) is 5.69 Å². The molecule has 5 aromatic rings. The van der Waals surface area contributed by atoms with Gasteiger partial charge in [0.25, 0.3) is 5.52 Å². The van der Waals surface area contributed by atoms with E-state index in [1.807, 2.05) is 126 Å². The van der Waals surface area contributed by atoms with Crippen molar-refractivity contribution >= 4 is 43.1 Å². The van der Waals surface area contributed by atoms with E-state index in [-0.39, 0.29) is 48.9 Å². The van der Waals surface area contributed by atoms with E-state index in [4.69, 9.17) is 9.15 Å². The Balaban J connectivity index is 0.00000541. The zero-order valence-electron chi connectivity index (χ0n) is 30.3. The van der Waals surface area contributed by atoms with E-state index in [2.05, 4.69) is 0 Å². The minimum atomic E-state index is -4.48. The number of aromatic nitrogens is 1. The summed E-state index contributed by atoms with van der Waals surface area (Å²) in [6.07, 6.45) is 5.09. The van der Waals surface area contributed by atoms with Gasteiger partial charge in [-0.05, 0) is 79.1 Å². The van der Waals surface area contributed by atoms with Gasteiger partial charge in [-0.25, -0.2) is 16.8 Å². The first kappa shape index (κ1) is 40.4. The van der Waals surface area contributed by atoms with Crippen LogP contribution >= 0.6 is 0 Å². The van der Waals surface area contributed by atoms with Crippen molar-refractivity contribution in [1.29, 1.82) is 0 Å². The fraction of sp³-hybridized carbons (Fsp3) is 0.275. The maximum atomic E-state index is 11.8. The van der Waals surface area contributed by atoms with E-state index in [0.29, 0.717) is 42.5 Å². The summed E-state index contributed by atoms with van der Waals surface area (Å²) in [5, 5.41) is -2.11. The van der Waals surface area contributed by atoms with E-state index < -0.39 is 30.7 Å². The molecule has 0 fully saturated rings. The Hall–Kier alpha value is -3.75. The first-order chi connectivity index (χ1) is 24.8. The molecule has 0 N–H and O–H groups in total. The molecule has 53 heavy (non-hydrogen) atoms. The van der Waals surface area contributed by atoms with Crippen LogP contribution in [0, 0.1) is 0 Å². The average Bonchev–Trinajstić information content (AvgIpc) is 3.65. The standard InChI is InChI=1S/C40H42N2O8S2.Na/c1-4-30(25-40-42(23-21-29(3)52(46,47)48)36-27-34(18-20-38(36)50-40)32-15-9-6-10-16-32)24-39-41(22-11-12-28(2)51(43,44)45)35-26-33(17-19-37(35)49-39)31-13-7-5-8-14-31;/h5-10,13-20,24-29H,4,11-12,21-23H2,1-3H3,(H-,43,44,45,46,47,48);/q;+1/p-1. The minimum absolute atomic E-state index is 0. The molecule has 0 bridgehead atoms. The molecule has 0 saturated heterocycles. The van der Waals surface area contributed by atoms with Crippen molar-refractivity contribution < 1.29 is 69.2 Å². The van der Waals surface area contributed by atoms with Crippen molar-refractivity contribution in [2.24, 2.45) is 0 Å². The first-order valence-electron chi connectivity index (χ1n) is 17.3. The van der Waals surface area contributed by atoms with E-state index >= 15 is 0 Å². The second kappa shape index (κ2) is 17.2. The number of hydrogen-bond donors (Lipinski definition) is 0. The largest absolute Gasteiger partial charge is 1.00 e. The Labute approximate surface area is 333 Å². The second-order valence-electron chi connectivity index (χ2n) is 13.0. The third-order valence-electron chi connectivity index (χ3n) is 9.44. The molecule has 4 aromatic carbocycles. The molecule has 272 valence electrons. The number of fused-ring (bicyclic) bond motifs is 2. The van der Waals surface area contributed by atoms with Crippen molar-refractivity contribution in [1.82, 2.24) is 0 Å². The van der Waals surface area contributed by atoms with Crippen LogP contribution in [-0.4, -0.2) is 43.0 Å². The van der Waals surface area contributed by atoms with Crippen molar-refractivity contribution in [3.05, 3.63) is 120 Å². The molecule has 0 aliphatic carbocycles. The van der Waals surface area contributed by atoms with Crippen molar-refractivity contribution in [2.75, 3.05) is 11.4 Å². The Morgan fingerprint density at radius 2 is 1.38 bits per heavy atom. The molecule has 0 spiro atoms. The van der Waals surface area contributed by atoms with Gasteiger partial charge in [-0.3, -0.25) is 0 Å². The third-order valence-corrected chi connectivity index (χ3v) is 11.9. The molecule has 0 amide bonds. The summed E-state index contributed by atoms with van der Waals surface area (Å²) in [7, 11) is -8.90. The predicted molar refractivity (Wildman–Crippen MR) is 200 cm³/mol. The normalized spacial score (nSPS) is 15.2. The Morgan fingerprint density at radius 3 is 1.98 bits per heavy atom. The molecule has 2 atom stereocenters. The summed E-state index contributed by atoms with van der Waals surface area (Å²) >= 11 is 0. The Bertz CT molecular complexity index is 2340. The second-order valence-corrected chi connectivity index (χ2v) is 16.6. The summed E-state index contributed by atoms with van der Waals surface area (Å²) in [6, 6.07) is 31.6. The van der Waals surface area contributed by atoms with Gasteiger partial charge < -0.3 is 23.2 Å². The molecule has 0 radical (unpaired) electrons. The van der Waals surface area contributed by atoms with Crippen LogP contribution in [0.2, 0.25) is 0 Å². The zero-order valence-corrected chi connectivity index (χ0v) is 33.9. The number of hydrogen-bond acceptors (Lipinski definition) is 9. The molecule has 10 nitrogen and oxygen atoms in total. The van der Waals surface area contributed by atoms with E-state index in [1.54, 1.807) is 0 Å². The molecule has 2 heterocycles. The molecule has 1 aromatic heterocycles. The average molecular weight is 765 g/mol. The van der Waals surface area contributed by atoms with Gasteiger partial charge >= 0.3 is 35.4 Å². The van der Waals surface area contributed by atoms with Gasteiger partial charge in [-0.2, -0.15) is 4.57 Å². The van der Waals surface area contributed by atoms with Gasteiger partial charge in [0.2, 0.25) is 11.5 Å². The number of nitrogens with zero attached hydrogens (tertiary/aromatic N) is 2. The van der Waals surface area contributed by atoms with E-state index in [9.17, 15) is 25.9 Å². The van der Waals surface area contributed by atoms with Gasteiger partial charge in [0.1, 0.15) is 0 Å². The molecular formula is C40H41N2NaO8S2. The third kappa shape index (κ3) is 9.68. The molecular weight excluding hydrogens is 724 g/mol. The van der Waals surface area contributed by atoms with Crippen LogP contribution in [0.5, 0.6) is 5.75 Å². The summed E-state index contributed by atoms with van der Waals surface area (Å²) in [4.78, 5) is 1.90. The van der Waals surface area contributed by atoms with Gasteiger partial charge in [0.15, 0.2) is 12.3 Å². The van der Waals surface area contributed by atoms with Crippen LogP contribution < -0.4 is 43.8 Å². The number of benzene rings is 4. The van der Waals surface area contributed by atoms with E-state index in [1.165, 1.54) is 13.8 Å². The van der Waals surface area contributed by atoms with Crippen LogP contribution in [0.1, 0.15) is 52.3 Å². The summed E-state index contributed by atoms with van der Waals surface area (Å²) in [5.74, 6) is 1.62. The van der Waals surface area contributed by atoms with Crippen molar-refractivity contribution in [3.8, 4) is 28.0 Å². The van der Waals surface area contributed by atoms with Crippen LogP contribution in [-0.2, 0) is 26.8 Å². The number of allylic oxidation sites excluding steroid dienone is 2. The quantitative estimate of drug-likeness (QED) is 0.0899. The maximum Gasteiger partial charge on any atom is 1.00 e. The molecule has 2 unspecified atom stereocenters.